The lowest BCUT2D eigenvalue weighted by Crippen LogP contribution is -2.34. The Morgan fingerprint density at radius 1 is 1.13 bits per heavy atom. The summed E-state index contributed by atoms with van der Waals surface area (Å²) in [7, 11) is -2.96. The molecule has 0 aliphatic carbocycles. The Morgan fingerprint density at radius 2 is 1.93 bits per heavy atom. The van der Waals surface area contributed by atoms with Crippen molar-refractivity contribution in [3.05, 3.63) is 76.1 Å². The molecule has 2 heterocycles. The normalized spacial score (nSPS) is 18.0. The number of pyridine rings is 1. The van der Waals surface area contributed by atoms with Crippen molar-refractivity contribution in [3.63, 3.8) is 0 Å². The summed E-state index contributed by atoms with van der Waals surface area (Å²) in [5.41, 5.74) is 2.53. The van der Waals surface area contributed by atoms with Crippen molar-refractivity contribution in [2.45, 2.75) is 32.5 Å². The lowest BCUT2D eigenvalue weighted by Gasteiger charge is -2.16. The number of fused-ring (bicyclic) bond motifs is 1. The molecule has 7 heteroatoms. The number of nitrogens with zero attached hydrogens (tertiary/aromatic N) is 1. The molecular weight excluding hydrogens is 400 g/mol. The highest BCUT2D eigenvalue weighted by Crippen LogP contribution is 2.17. The third kappa shape index (κ3) is 4.74. The third-order valence-electron chi connectivity index (χ3n) is 5.47. The van der Waals surface area contributed by atoms with E-state index in [0.29, 0.717) is 31.7 Å². The van der Waals surface area contributed by atoms with E-state index in [4.69, 9.17) is 4.74 Å². The Balaban J connectivity index is 1.57. The number of hydrogen-bond acceptors (Lipinski definition) is 5. The maximum Gasteiger partial charge on any atom is 0.255 e. The first-order valence-corrected chi connectivity index (χ1v) is 12.0. The zero-order valence-electron chi connectivity index (χ0n) is 17.0. The van der Waals surface area contributed by atoms with Gasteiger partial charge in [0.05, 0.1) is 23.6 Å². The van der Waals surface area contributed by atoms with Crippen LogP contribution in [-0.4, -0.2) is 37.1 Å². The van der Waals surface area contributed by atoms with Gasteiger partial charge in [-0.2, -0.15) is 0 Å². The Bertz CT molecular complexity index is 1200. The van der Waals surface area contributed by atoms with Crippen molar-refractivity contribution in [2.24, 2.45) is 0 Å². The van der Waals surface area contributed by atoms with Gasteiger partial charge in [0.15, 0.2) is 9.84 Å². The zero-order chi connectivity index (χ0) is 21.1. The number of para-hydroxylation sites is 1. The van der Waals surface area contributed by atoms with E-state index in [2.05, 4.69) is 5.32 Å². The third-order valence-corrected chi connectivity index (χ3v) is 7.23. The summed E-state index contributed by atoms with van der Waals surface area (Å²) in [6.07, 6.45) is 0.591. The van der Waals surface area contributed by atoms with Gasteiger partial charge >= 0.3 is 0 Å². The molecule has 1 atom stereocenters. The first-order chi connectivity index (χ1) is 14.4. The maximum atomic E-state index is 13.2. The quantitative estimate of drug-likeness (QED) is 0.629. The summed E-state index contributed by atoms with van der Waals surface area (Å²) in [5, 5.41) is 4.24. The highest BCUT2D eigenvalue weighted by molar-refractivity contribution is 7.91. The summed E-state index contributed by atoms with van der Waals surface area (Å²) in [6.45, 7) is 3.16. The summed E-state index contributed by atoms with van der Waals surface area (Å²) in [5.74, 6) is 1.12. The standard InChI is InChI=1S/C23H26N2O4S/c1-17-7-8-18-14-19(15-24-20-9-12-30(27,28)16-20)23(26)25(22(18)13-17)10-11-29-21-5-3-2-4-6-21/h2-8,13-14,20,24H,9-12,15-16H2,1H3/t20-/m0/s1. The van der Waals surface area contributed by atoms with Crippen LogP contribution in [-0.2, 0) is 22.9 Å². The first-order valence-electron chi connectivity index (χ1n) is 10.2. The van der Waals surface area contributed by atoms with Crippen molar-refractivity contribution < 1.29 is 13.2 Å². The van der Waals surface area contributed by atoms with Crippen LogP contribution in [0.2, 0.25) is 0 Å². The Hall–Kier alpha value is -2.64. The monoisotopic (exact) mass is 426 g/mol. The van der Waals surface area contributed by atoms with Gasteiger partial charge in [0.25, 0.3) is 5.56 Å². The second-order valence-electron chi connectivity index (χ2n) is 7.83. The molecule has 0 unspecified atom stereocenters. The molecule has 0 saturated carbocycles. The van der Waals surface area contributed by atoms with E-state index in [-0.39, 0.29) is 23.1 Å². The minimum absolute atomic E-state index is 0.0712. The molecule has 30 heavy (non-hydrogen) atoms. The van der Waals surface area contributed by atoms with Crippen molar-refractivity contribution >= 4 is 20.7 Å². The largest absolute Gasteiger partial charge is 0.492 e. The minimum Gasteiger partial charge on any atom is -0.492 e. The van der Waals surface area contributed by atoms with E-state index in [1.54, 1.807) is 4.57 Å². The van der Waals surface area contributed by atoms with Crippen LogP contribution in [0.15, 0.2) is 59.4 Å². The molecule has 0 spiro atoms. The van der Waals surface area contributed by atoms with Crippen LogP contribution in [0, 0.1) is 6.92 Å². The van der Waals surface area contributed by atoms with E-state index < -0.39 is 9.84 Å². The molecule has 0 bridgehead atoms. The number of hydrogen-bond donors (Lipinski definition) is 1. The van der Waals surface area contributed by atoms with Crippen LogP contribution in [0.5, 0.6) is 5.75 Å². The van der Waals surface area contributed by atoms with Crippen LogP contribution in [0.3, 0.4) is 0 Å². The first kappa shape index (κ1) is 20.6. The number of rotatable bonds is 7. The Labute approximate surface area is 176 Å². The molecule has 2 aromatic carbocycles. The van der Waals surface area contributed by atoms with Gasteiger partial charge in [-0.1, -0.05) is 30.3 Å². The molecule has 1 saturated heterocycles. The molecule has 6 nitrogen and oxygen atoms in total. The van der Waals surface area contributed by atoms with Crippen molar-refractivity contribution in [1.82, 2.24) is 9.88 Å². The molecule has 158 valence electrons. The maximum absolute atomic E-state index is 13.2. The van der Waals surface area contributed by atoms with E-state index in [1.807, 2.05) is 61.5 Å². The van der Waals surface area contributed by atoms with Crippen LogP contribution >= 0.6 is 0 Å². The summed E-state index contributed by atoms with van der Waals surface area (Å²) >= 11 is 0. The SMILES string of the molecule is Cc1ccc2cc(CN[C@H]3CCS(=O)(=O)C3)c(=O)n(CCOc3ccccc3)c2c1. The van der Waals surface area contributed by atoms with Gasteiger partial charge in [0.1, 0.15) is 12.4 Å². The molecule has 1 aromatic heterocycles. The van der Waals surface area contributed by atoms with Gasteiger partial charge in [-0.25, -0.2) is 8.42 Å². The molecule has 4 rings (SSSR count). The second-order valence-corrected chi connectivity index (χ2v) is 10.1. The number of ether oxygens (including phenoxy) is 1. The minimum atomic E-state index is -2.96. The molecule has 1 fully saturated rings. The number of benzene rings is 2. The molecule has 3 aromatic rings. The summed E-state index contributed by atoms with van der Waals surface area (Å²) in [4.78, 5) is 13.2. The van der Waals surface area contributed by atoms with E-state index in [1.165, 1.54) is 0 Å². The highest BCUT2D eigenvalue weighted by atomic mass is 32.2. The van der Waals surface area contributed by atoms with Crippen LogP contribution in [0.25, 0.3) is 10.9 Å². The second kappa shape index (κ2) is 8.62. The average molecular weight is 427 g/mol. The molecule has 0 radical (unpaired) electrons. The predicted octanol–water partition coefficient (Wildman–Crippen LogP) is 2.67. The fourth-order valence-electron chi connectivity index (χ4n) is 3.87. The number of nitrogens with one attached hydrogen (secondary N) is 1. The van der Waals surface area contributed by atoms with E-state index >= 15 is 0 Å². The molecular formula is C23H26N2O4S. The van der Waals surface area contributed by atoms with Crippen molar-refractivity contribution in [2.75, 3.05) is 18.1 Å². The zero-order valence-corrected chi connectivity index (χ0v) is 17.8. The smallest absolute Gasteiger partial charge is 0.255 e. The summed E-state index contributed by atoms with van der Waals surface area (Å²) in [6, 6.07) is 17.4. The lowest BCUT2D eigenvalue weighted by atomic mass is 10.1. The number of sulfone groups is 1. The fraction of sp³-hybridized carbons (Fsp3) is 0.348. The van der Waals surface area contributed by atoms with Gasteiger partial charge in [-0.15, -0.1) is 0 Å². The van der Waals surface area contributed by atoms with Gasteiger partial charge < -0.3 is 14.6 Å². The van der Waals surface area contributed by atoms with Crippen LogP contribution < -0.4 is 15.6 Å². The van der Waals surface area contributed by atoms with Crippen molar-refractivity contribution in [1.29, 1.82) is 0 Å². The average Bonchev–Trinajstić information content (AvgIpc) is 3.08. The molecule has 1 N–H and O–H groups in total. The summed E-state index contributed by atoms with van der Waals surface area (Å²) < 4.78 is 31.0. The molecule has 1 aliphatic rings. The van der Waals surface area contributed by atoms with Gasteiger partial charge in [-0.05, 0) is 48.6 Å². The van der Waals surface area contributed by atoms with E-state index in [0.717, 1.165) is 22.2 Å². The predicted molar refractivity (Wildman–Crippen MR) is 119 cm³/mol. The van der Waals surface area contributed by atoms with Crippen LogP contribution in [0.1, 0.15) is 17.5 Å². The highest BCUT2D eigenvalue weighted by Gasteiger charge is 2.27. The Kier molecular flexibility index (Phi) is 5.92. The van der Waals surface area contributed by atoms with Crippen LogP contribution in [0.4, 0.5) is 0 Å². The molecule has 1 aliphatic heterocycles. The van der Waals surface area contributed by atoms with Gasteiger partial charge in [0, 0.05) is 18.2 Å². The van der Waals surface area contributed by atoms with Crippen molar-refractivity contribution in [3.8, 4) is 5.75 Å². The number of aryl methyl sites for hydroxylation is 1. The Morgan fingerprint density at radius 3 is 2.67 bits per heavy atom. The molecule has 0 amide bonds. The topological polar surface area (TPSA) is 77.4 Å². The lowest BCUT2D eigenvalue weighted by molar-refractivity contribution is 0.298. The number of aromatic nitrogens is 1. The van der Waals surface area contributed by atoms with Gasteiger partial charge in [0.2, 0.25) is 0 Å². The van der Waals surface area contributed by atoms with E-state index in [9.17, 15) is 13.2 Å². The van der Waals surface area contributed by atoms with Gasteiger partial charge in [-0.3, -0.25) is 4.79 Å². The fourth-order valence-corrected chi connectivity index (χ4v) is 5.58.